The van der Waals surface area contributed by atoms with Gasteiger partial charge in [0.25, 0.3) is 5.91 Å². The Bertz CT molecular complexity index is 624. The van der Waals surface area contributed by atoms with Gasteiger partial charge in [0.2, 0.25) is 5.95 Å². The van der Waals surface area contributed by atoms with E-state index >= 15 is 0 Å². The Hall–Kier alpha value is -2.76. The van der Waals surface area contributed by atoms with Crippen LogP contribution in [0.5, 0.6) is 0 Å². The third-order valence-corrected chi connectivity index (χ3v) is 2.64. The molecule has 0 spiro atoms. The lowest BCUT2D eigenvalue weighted by atomic mass is 10.1. The van der Waals surface area contributed by atoms with E-state index < -0.39 is 11.9 Å². The largest absolute Gasteiger partial charge is 0.478 e. The van der Waals surface area contributed by atoms with Gasteiger partial charge in [0.1, 0.15) is 0 Å². The van der Waals surface area contributed by atoms with Gasteiger partial charge in [-0.05, 0) is 29.8 Å². The van der Waals surface area contributed by atoms with E-state index in [2.05, 4.69) is 10.3 Å². The number of carbonyl (C=O) groups excluding carboxylic acids is 1. The Kier molecular flexibility index (Phi) is 4.05. The summed E-state index contributed by atoms with van der Waals surface area (Å²) in [5.41, 5.74) is 1.20. The fourth-order valence-electron chi connectivity index (χ4n) is 1.56. The zero-order valence-corrected chi connectivity index (χ0v) is 10.3. The molecule has 2 aromatic rings. The molecule has 1 amide bonds. The first-order chi connectivity index (χ1) is 9.56. The smallest absolute Gasteiger partial charge is 0.335 e. The molecule has 0 aliphatic carbocycles. The number of benzene rings is 1. The molecule has 102 valence electrons. The molecule has 0 aliphatic rings. The van der Waals surface area contributed by atoms with Crippen molar-refractivity contribution in [2.24, 2.45) is 0 Å². The third-order valence-electron chi connectivity index (χ3n) is 2.64. The number of aromatic nitrogens is 1. The maximum Gasteiger partial charge on any atom is 0.335 e. The summed E-state index contributed by atoms with van der Waals surface area (Å²) in [5, 5.41) is 11.4. The molecular formula is C14H11FN2O3. The van der Waals surface area contributed by atoms with E-state index in [-0.39, 0.29) is 23.6 Å². The van der Waals surface area contributed by atoms with E-state index in [0.29, 0.717) is 0 Å². The molecule has 6 heteroatoms. The lowest BCUT2D eigenvalue weighted by molar-refractivity contribution is 0.0696. The first-order valence-electron chi connectivity index (χ1n) is 5.78. The minimum atomic E-state index is -1.00. The van der Waals surface area contributed by atoms with Crippen molar-refractivity contribution in [1.29, 1.82) is 0 Å². The third kappa shape index (κ3) is 3.38. The predicted molar refractivity (Wildman–Crippen MR) is 68.8 cm³/mol. The highest BCUT2D eigenvalue weighted by Gasteiger charge is 2.06. The predicted octanol–water partition coefficient (Wildman–Crippen LogP) is 1.85. The van der Waals surface area contributed by atoms with Crippen LogP contribution in [-0.4, -0.2) is 22.0 Å². The highest BCUT2D eigenvalue weighted by Crippen LogP contribution is 2.05. The molecule has 20 heavy (non-hydrogen) atoms. The van der Waals surface area contributed by atoms with Gasteiger partial charge in [-0.15, -0.1) is 0 Å². The summed E-state index contributed by atoms with van der Waals surface area (Å²) >= 11 is 0. The van der Waals surface area contributed by atoms with Crippen LogP contribution in [0.1, 0.15) is 26.3 Å². The van der Waals surface area contributed by atoms with Crippen molar-refractivity contribution >= 4 is 11.9 Å². The van der Waals surface area contributed by atoms with Gasteiger partial charge >= 0.3 is 5.97 Å². The van der Waals surface area contributed by atoms with Crippen LogP contribution in [0, 0.1) is 5.95 Å². The summed E-state index contributed by atoms with van der Waals surface area (Å²) in [5.74, 6) is -2.02. The first-order valence-corrected chi connectivity index (χ1v) is 5.78. The topological polar surface area (TPSA) is 79.3 Å². The normalized spacial score (nSPS) is 10.1. The van der Waals surface area contributed by atoms with Crippen molar-refractivity contribution in [3.63, 3.8) is 0 Å². The van der Waals surface area contributed by atoms with Crippen molar-refractivity contribution in [3.8, 4) is 0 Å². The van der Waals surface area contributed by atoms with Crippen LogP contribution in [0.4, 0.5) is 4.39 Å². The molecule has 0 saturated carbocycles. The zero-order valence-electron chi connectivity index (χ0n) is 10.3. The highest BCUT2D eigenvalue weighted by atomic mass is 19.1. The van der Waals surface area contributed by atoms with Crippen LogP contribution in [0.3, 0.4) is 0 Å². The number of nitrogens with one attached hydrogen (secondary N) is 1. The lowest BCUT2D eigenvalue weighted by Gasteiger charge is -2.05. The molecule has 0 bridgehead atoms. The minimum Gasteiger partial charge on any atom is -0.478 e. The number of nitrogens with zero attached hydrogens (tertiary/aromatic N) is 1. The molecule has 0 aliphatic heterocycles. The van der Waals surface area contributed by atoms with Gasteiger partial charge in [-0.25, -0.2) is 9.78 Å². The number of hydrogen-bond donors (Lipinski definition) is 2. The molecule has 2 N–H and O–H groups in total. The molecule has 1 aromatic heterocycles. The molecule has 0 fully saturated rings. The Labute approximate surface area is 114 Å². The van der Waals surface area contributed by atoms with Gasteiger partial charge in [-0.3, -0.25) is 4.79 Å². The zero-order chi connectivity index (χ0) is 14.5. The average Bonchev–Trinajstić information content (AvgIpc) is 2.46. The molecule has 0 saturated heterocycles. The molecule has 0 radical (unpaired) electrons. The number of pyridine rings is 1. The first kappa shape index (κ1) is 13.7. The van der Waals surface area contributed by atoms with Crippen molar-refractivity contribution in [2.45, 2.75) is 6.54 Å². The molecule has 1 heterocycles. The van der Waals surface area contributed by atoms with Crippen LogP contribution in [0.2, 0.25) is 0 Å². The monoisotopic (exact) mass is 274 g/mol. The Morgan fingerprint density at radius 2 is 1.75 bits per heavy atom. The maximum absolute atomic E-state index is 12.6. The number of carbonyl (C=O) groups is 2. The van der Waals surface area contributed by atoms with E-state index in [9.17, 15) is 14.0 Å². The Balaban J connectivity index is 1.96. The summed E-state index contributed by atoms with van der Waals surface area (Å²) in [6.07, 6.45) is 1.15. The second kappa shape index (κ2) is 5.92. The fourth-order valence-corrected chi connectivity index (χ4v) is 1.56. The van der Waals surface area contributed by atoms with E-state index in [1.165, 1.54) is 18.2 Å². The quantitative estimate of drug-likeness (QED) is 0.834. The Morgan fingerprint density at radius 1 is 1.10 bits per heavy atom. The number of hydrogen-bond acceptors (Lipinski definition) is 3. The minimum absolute atomic E-state index is 0.183. The number of carboxylic acid groups (broad SMARTS) is 1. The van der Waals surface area contributed by atoms with Gasteiger partial charge < -0.3 is 10.4 Å². The number of aromatic carboxylic acids is 1. The molecular weight excluding hydrogens is 263 g/mol. The molecule has 1 aromatic carbocycles. The summed E-state index contributed by atoms with van der Waals surface area (Å²) in [7, 11) is 0. The van der Waals surface area contributed by atoms with Crippen LogP contribution >= 0.6 is 0 Å². The second-order valence-corrected chi connectivity index (χ2v) is 4.05. The summed E-state index contributed by atoms with van der Waals surface area (Å²) in [4.78, 5) is 25.8. The van der Waals surface area contributed by atoms with E-state index in [4.69, 9.17) is 5.11 Å². The van der Waals surface area contributed by atoms with Crippen molar-refractivity contribution < 1.29 is 19.1 Å². The van der Waals surface area contributed by atoms with Gasteiger partial charge in [-0.1, -0.05) is 12.1 Å². The van der Waals surface area contributed by atoms with Gasteiger partial charge in [0.15, 0.2) is 0 Å². The van der Waals surface area contributed by atoms with Gasteiger partial charge in [-0.2, -0.15) is 4.39 Å². The van der Waals surface area contributed by atoms with Gasteiger partial charge in [0, 0.05) is 12.7 Å². The van der Waals surface area contributed by atoms with Crippen molar-refractivity contribution in [2.75, 3.05) is 0 Å². The SMILES string of the molecule is O=C(O)c1ccc(CNC(=O)c2ccc(F)nc2)cc1. The maximum atomic E-state index is 12.6. The van der Waals surface area contributed by atoms with E-state index in [0.717, 1.165) is 17.8 Å². The molecule has 2 rings (SSSR count). The highest BCUT2D eigenvalue weighted by molar-refractivity contribution is 5.93. The van der Waals surface area contributed by atoms with Crippen LogP contribution in [0.25, 0.3) is 0 Å². The number of amides is 1. The van der Waals surface area contributed by atoms with Crippen molar-refractivity contribution in [3.05, 3.63) is 65.2 Å². The van der Waals surface area contributed by atoms with Crippen LogP contribution in [0.15, 0.2) is 42.6 Å². The van der Waals surface area contributed by atoms with E-state index in [1.807, 2.05) is 0 Å². The summed E-state index contributed by atoms with van der Waals surface area (Å²) < 4.78 is 12.6. The second-order valence-electron chi connectivity index (χ2n) is 4.05. The van der Waals surface area contributed by atoms with Crippen molar-refractivity contribution in [1.82, 2.24) is 10.3 Å². The standard InChI is InChI=1S/C14H11FN2O3/c15-12-6-5-11(8-16-12)13(18)17-7-9-1-3-10(4-2-9)14(19)20/h1-6,8H,7H2,(H,17,18)(H,19,20). The molecule has 0 unspecified atom stereocenters. The molecule has 5 nitrogen and oxygen atoms in total. The number of halogens is 1. The molecule has 0 atom stereocenters. The summed E-state index contributed by atoms with van der Waals surface area (Å²) in [6, 6.07) is 8.60. The van der Waals surface area contributed by atoms with Crippen LogP contribution in [-0.2, 0) is 6.54 Å². The average molecular weight is 274 g/mol. The van der Waals surface area contributed by atoms with Crippen LogP contribution < -0.4 is 5.32 Å². The lowest BCUT2D eigenvalue weighted by Crippen LogP contribution is -2.23. The van der Waals surface area contributed by atoms with E-state index in [1.54, 1.807) is 12.1 Å². The Morgan fingerprint density at radius 3 is 2.30 bits per heavy atom. The van der Waals surface area contributed by atoms with Gasteiger partial charge in [0.05, 0.1) is 11.1 Å². The fraction of sp³-hybridized carbons (Fsp3) is 0.0714. The number of rotatable bonds is 4. The number of carboxylic acids is 1. The summed E-state index contributed by atoms with van der Waals surface area (Å²) in [6.45, 7) is 0.246.